The first-order valence-corrected chi connectivity index (χ1v) is 23.6. The third-order valence-electron chi connectivity index (χ3n) is 14.9. The number of aliphatic hydroxyl groups excluding tert-OH is 1. The molecular weight excluding hydrogens is 947 g/mol. The molecule has 382 valence electrons. The summed E-state index contributed by atoms with van der Waals surface area (Å²) in [5.74, 6) is -7.36. The highest BCUT2D eigenvalue weighted by molar-refractivity contribution is 5.96. The molecule has 1 saturated heterocycles. The van der Waals surface area contributed by atoms with E-state index in [2.05, 4.69) is 5.32 Å². The highest BCUT2D eigenvalue weighted by atomic mass is 16.7. The second-order valence-corrected chi connectivity index (χ2v) is 19.5. The number of amides is 1. The molecule has 8 rings (SSSR count). The number of aldehydes is 1. The molecule has 11 atom stereocenters. The number of fused-ring (bicyclic) bond motifs is 5. The maximum Gasteiger partial charge on any atom is 0.514 e. The van der Waals surface area contributed by atoms with E-state index < -0.39 is 119 Å². The Morgan fingerprint density at radius 1 is 0.795 bits per heavy atom. The summed E-state index contributed by atoms with van der Waals surface area (Å²) in [5, 5.41) is 29.0. The molecule has 3 aliphatic carbocycles. The number of rotatable bonds is 13. The zero-order valence-corrected chi connectivity index (χ0v) is 40.8. The predicted molar refractivity (Wildman–Crippen MR) is 254 cm³/mol. The molecule has 3 N–H and O–H groups in total. The summed E-state index contributed by atoms with van der Waals surface area (Å²) in [4.78, 5) is 111. The monoisotopic (exact) mass is 1000 g/mol. The lowest BCUT2D eigenvalue weighted by molar-refractivity contribution is -0.346. The molecule has 4 aliphatic rings. The molecule has 2 bridgehead atoms. The zero-order valence-electron chi connectivity index (χ0n) is 40.8. The van der Waals surface area contributed by atoms with E-state index in [4.69, 9.17) is 33.2 Å². The van der Waals surface area contributed by atoms with Crippen LogP contribution in [0.25, 0.3) is 0 Å². The minimum Gasteiger partial charge on any atom is -0.455 e. The van der Waals surface area contributed by atoms with Crippen molar-refractivity contribution in [1.82, 2.24) is 5.32 Å². The predicted octanol–water partition coefficient (Wildman–Crippen LogP) is 5.77. The van der Waals surface area contributed by atoms with Crippen LogP contribution in [0.1, 0.15) is 97.1 Å². The summed E-state index contributed by atoms with van der Waals surface area (Å²) < 4.78 is 42.0. The van der Waals surface area contributed by atoms with Crippen LogP contribution in [0.5, 0.6) is 5.75 Å². The fraction of sp³-hybridized carbons (Fsp3) is 0.382. The Hall–Kier alpha value is -7.54. The Kier molecular flexibility index (Phi) is 14.3. The summed E-state index contributed by atoms with van der Waals surface area (Å²) in [6.07, 6.45) is -12.0. The Balaban J connectivity index is 1.29. The molecule has 0 radical (unpaired) electrons. The van der Waals surface area contributed by atoms with E-state index in [1.54, 1.807) is 66.7 Å². The summed E-state index contributed by atoms with van der Waals surface area (Å²) in [5.41, 5.74) is -7.49. The van der Waals surface area contributed by atoms with Gasteiger partial charge in [-0.05, 0) is 79.1 Å². The third-order valence-corrected chi connectivity index (χ3v) is 14.9. The number of ketones is 1. The fourth-order valence-electron chi connectivity index (χ4n) is 11.1. The number of Topliss-reactive ketones (excluding diaryl/α,β-unsaturated/α-hetero) is 1. The maximum atomic E-state index is 15.7. The minimum absolute atomic E-state index is 0.0258. The number of ether oxygens (including phenoxy) is 7. The summed E-state index contributed by atoms with van der Waals surface area (Å²) in [6, 6.07) is 27.6. The second kappa shape index (κ2) is 20.2. The Morgan fingerprint density at radius 3 is 1.96 bits per heavy atom. The number of hydrogen-bond acceptors (Lipinski definition) is 17. The highest BCUT2D eigenvalue weighted by Gasteiger charge is 2.78. The first-order valence-electron chi connectivity index (χ1n) is 23.6. The van der Waals surface area contributed by atoms with Crippen LogP contribution >= 0.6 is 0 Å². The molecule has 4 aromatic rings. The van der Waals surface area contributed by atoms with Crippen LogP contribution in [0, 0.1) is 16.7 Å². The van der Waals surface area contributed by atoms with Gasteiger partial charge in [-0.25, -0.2) is 14.4 Å². The highest BCUT2D eigenvalue weighted by Crippen LogP contribution is 2.64. The molecule has 18 nitrogen and oxygen atoms in total. The Bertz CT molecular complexity index is 2830. The topological polar surface area (TPSA) is 254 Å². The van der Waals surface area contributed by atoms with E-state index in [9.17, 15) is 39.0 Å². The summed E-state index contributed by atoms with van der Waals surface area (Å²) in [6.45, 7) is 7.74. The number of hydrogen-bond donors (Lipinski definition) is 3. The van der Waals surface area contributed by atoms with Crippen molar-refractivity contribution in [3.63, 3.8) is 0 Å². The van der Waals surface area contributed by atoms with Crippen LogP contribution in [0.2, 0.25) is 0 Å². The molecule has 0 spiro atoms. The minimum atomic E-state index is -2.50. The van der Waals surface area contributed by atoms with Gasteiger partial charge in [0.05, 0.1) is 29.6 Å². The first-order chi connectivity index (χ1) is 34.7. The van der Waals surface area contributed by atoms with Gasteiger partial charge in [0.1, 0.15) is 42.0 Å². The third kappa shape index (κ3) is 9.41. The van der Waals surface area contributed by atoms with Crippen molar-refractivity contribution in [3.05, 3.63) is 149 Å². The number of carbonyl (C=O) groups excluding carboxylic acids is 8. The van der Waals surface area contributed by atoms with Crippen LogP contribution in [-0.2, 0) is 47.6 Å². The van der Waals surface area contributed by atoms with Crippen molar-refractivity contribution in [2.45, 2.75) is 108 Å². The van der Waals surface area contributed by atoms with Gasteiger partial charge in [-0.3, -0.25) is 24.0 Å². The van der Waals surface area contributed by atoms with Crippen LogP contribution in [0.3, 0.4) is 0 Å². The zero-order chi connectivity index (χ0) is 52.6. The quantitative estimate of drug-likeness (QED) is 0.0472. The van der Waals surface area contributed by atoms with Gasteiger partial charge in [-0.2, -0.15) is 0 Å². The molecule has 3 fully saturated rings. The van der Waals surface area contributed by atoms with E-state index >= 15 is 9.59 Å². The lowest BCUT2D eigenvalue weighted by Crippen LogP contribution is -2.82. The molecule has 4 aromatic carbocycles. The SMILES string of the molecule is CC(=O)O[C@H]1C(=O)[C@@]2(C)[C@H]([C@H](OC(=O)c3ccccc3)[C@]3(O)C[C@H](OC(=O)[C@H](OC(=O)Oc4ccc(C=O)cc4)[C@@H](NC(=O)c4ccccc4)c4ccccc4)C(C)=C1C3(C)C)[C@]1(OC(C)=O)CO[C@@H]1C[C@@H]2O. The fourth-order valence-corrected chi connectivity index (χ4v) is 11.1. The average molecular weight is 1000 g/mol. The number of benzene rings is 4. The standard InChI is InChI=1S/C55H55NO17/c1-30-38(70-50(64)44(71-51(65)69-37-24-22-33(28-57)23-25-37)42(34-16-10-7-11-17-34)56-48(62)35-18-12-8-13-19-35)27-55(66)47(72-49(63)36-20-14-9-15-21-36)45-53(6,39(60)26-40-54(45,29-67-40)73-32(3)59)46(61)43(68-31(2)58)41(30)52(55,4)5/h7-25,28,38-40,42-45,47,60,66H,26-27,29H2,1-6H3,(H,56,62)/t38-,39-,40+,42-,43+,44+,45-,47-,53+,54-,55+/m0/s1. The number of esters is 4. The van der Waals surface area contributed by atoms with Crippen molar-refractivity contribution >= 4 is 48.0 Å². The van der Waals surface area contributed by atoms with E-state index in [-0.39, 0.29) is 52.2 Å². The van der Waals surface area contributed by atoms with E-state index in [0.29, 0.717) is 6.29 Å². The Morgan fingerprint density at radius 2 is 1.40 bits per heavy atom. The molecule has 73 heavy (non-hydrogen) atoms. The van der Waals surface area contributed by atoms with E-state index in [1.165, 1.54) is 76.2 Å². The number of carbonyl (C=O) groups is 8. The van der Waals surface area contributed by atoms with Crippen LogP contribution in [0.15, 0.2) is 126 Å². The maximum absolute atomic E-state index is 15.7. The average Bonchev–Trinajstić information content (AvgIpc) is 3.36. The lowest BCUT2D eigenvalue weighted by atomic mass is 9.44. The van der Waals surface area contributed by atoms with Crippen LogP contribution in [-0.4, -0.2) is 113 Å². The van der Waals surface area contributed by atoms with Crippen LogP contribution in [0.4, 0.5) is 4.79 Å². The number of aliphatic hydroxyl groups is 2. The normalized spacial score (nSPS) is 28.6. The van der Waals surface area contributed by atoms with Gasteiger partial charge in [-0.1, -0.05) is 80.6 Å². The van der Waals surface area contributed by atoms with Gasteiger partial charge < -0.3 is 48.7 Å². The van der Waals surface area contributed by atoms with Gasteiger partial charge in [0, 0.05) is 43.2 Å². The Labute approximate surface area is 419 Å². The van der Waals surface area contributed by atoms with Gasteiger partial charge >= 0.3 is 30.0 Å². The lowest BCUT2D eigenvalue weighted by Gasteiger charge is -2.67. The van der Waals surface area contributed by atoms with E-state index in [0.717, 1.165) is 13.8 Å². The molecule has 0 unspecified atom stereocenters. The molecule has 1 amide bonds. The molecule has 2 saturated carbocycles. The summed E-state index contributed by atoms with van der Waals surface area (Å²) >= 11 is 0. The van der Waals surface area contributed by atoms with Gasteiger partial charge in [0.2, 0.25) is 6.10 Å². The van der Waals surface area contributed by atoms with Crippen molar-refractivity contribution in [2.24, 2.45) is 16.7 Å². The van der Waals surface area contributed by atoms with Crippen molar-refractivity contribution < 1.29 is 81.7 Å². The van der Waals surface area contributed by atoms with Crippen molar-refractivity contribution in [2.75, 3.05) is 6.61 Å². The van der Waals surface area contributed by atoms with Gasteiger partial charge in [-0.15, -0.1) is 0 Å². The van der Waals surface area contributed by atoms with Gasteiger partial charge in [0.15, 0.2) is 17.5 Å². The molecule has 18 heteroatoms. The first kappa shape index (κ1) is 51.8. The van der Waals surface area contributed by atoms with Crippen LogP contribution < -0.4 is 10.1 Å². The molecule has 1 heterocycles. The molecular formula is C55H55NO17. The molecule has 1 aliphatic heterocycles. The van der Waals surface area contributed by atoms with E-state index in [1.807, 2.05) is 0 Å². The molecule has 0 aromatic heterocycles. The summed E-state index contributed by atoms with van der Waals surface area (Å²) in [7, 11) is 0. The second-order valence-electron chi connectivity index (χ2n) is 19.5. The largest absolute Gasteiger partial charge is 0.514 e. The van der Waals surface area contributed by atoms with Crippen molar-refractivity contribution in [1.29, 1.82) is 0 Å². The van der Waals surface area contributed by atoms with Crippen molar-refractivity contribution in [3.8, 4) is 5.75 Å². The smallest absolute Gasteiger partial charge is 0.455 e. The number of nitrogens with one attached hydrogen (secondary N) is 1. The van der Waals surface area contributed by atoms with Gasteiger partial charge in [0.25, 0.3) is 5.91 Å².